The topological polar surface area (TPSA) is 58.6 Å². The Morgan fingerprint density at radius 1 is 1.50 bits per heavy atom. The van der Waals surface area contributed by atoms with E-state index in [2.05, 4.69) is 5.32 Å². The van der Waals surface area contributed by atoms with Gasteiger partial charge < -0.3 is 15.2 Å². The summed E-state index contributed by atoms with van der Waals surface area (Å²) in [5.41, 5.74) is 0.861. The van der Waals surface area contributed by atoms with Crippen molar-refractivity contribution in [3.63, 3.8) is 0 Å². The fourth-order valence-electron chi connectivity index (χ4n) is 1.22. The molecule has 16 heavy (non-hydrogen) atoms. The van der Waals surface area contributed by atoms with Crippen molar-refractivity contribution in [3.05, 3.63) is 36.4 Å². The van der Waals surface area contributed by atoms with Crippen molar-refractivity contribution >= 4 is 11.7 Å². The monoisotopic (exact) mass is 221 g/mol. The van der Waals surface area contributed by atoms with Gasteiger partial charge in [0.1, 0.15) is 5.75 Å². The molecule has 0 aliphatic heterocycles. The van der Waals surface area contributed by atoms with Crippen LogP contribution in [0.25, 0.3) is 0 Å². The molecule has 0 spiro atoms. The summed E-state index contributed by atoms with van der Waals surface area (Å²) in [7, 11) is 0. The highest BCUT2D eigenvalue weighted by molar-refractivity contribution is 5.79. The molecule has 0 aliphatic carbocycles. The Labute approximate surface area is 94.6 Å². The minimum Gasteiger partial charge on any atom is -0.492 e. The lowest BCUT2D eigenvalue weighted by Gasteiger charge is -2.10. The quantitative estimate of drug-likeness (QED) is 0.722. The van der Waals surface area contributed by atoms with Crippen LogP contribution in [-0.2, 0) is 4.79 Å². The zero-order chi connectivity index (χ0) is 11.8. The second-order valence-electron chi connectivity index (χ2n) is 3.05. The minimum absolute atomic E-state index is 0.455. The first-order valence-electron chi connectivity index (χ1n) is 5.09. The number of aliphatic carboxylic acids is 1. The number of nitrogens with one attached hydrogen (secondary N) is 1. The molecule has 1 aromatic rings. The van der Waals surface area contributed by atoms with Crippen molar-refractivity contribution in [1.82, 2.24) is 0 Å². The Hall–Kier alpha value is -1.97. The normalized spacial score (nSPS) is 10.3. The number of carboxylic acid groups (broad SMARTS) is 1. The Bertz CT molecular complexity index is 374. The van der Waals surface area contributed by atoms with Gasteiger partial charge in [0, 0.05) is 12.6 Å². The smallest absolute Gasteiger partial charge is 0.328 e. The molecule has 1 rings (SSSR count). The Morgan fingerprint density at radius 2 is 2.25 bits per heavy atom. The molecule has 0 saturated carbocycles. The molecule has 0 saturated heterocycles. The molecule has 0 radical (unpaired) electrons. The van der Waals surface area contributed by atoms with Crippen LogP contribution in [0.4, 0.5) is 5.69 Å². The molecule has 0 bridgehead atoms. The predicted molar refractivity (Wildman–Crippen MR) is 62.9 cm³/mol. The van der Waals surface area contributed by atoms with Gasteiger partial charge in [-0.15, -0.1) is 0 Å². The molecule has 0 aromatic heterocycles. The van der Waals surface area contributed by atoms with Gasteiger partial charge in [-0.2, -0.15) is 0 Å². The Kier molecular flexibility index (Phi) is 4.92. The molecule has 4 nitrogen and oxygen atoms in total. The number of carbonyl (C=O) groups is 1. The van der Waals surface area contributed by atoms with E-state index in [0.717, 1.165) is 17.5 Å². The van der Waals surface area contributed by atoms with Crippen LogP contribution in [0.2, 0.25) is 0 Å². The van der Waals surface area contributed by atoms with E-state index in [4.69, 9.17) is 9.84 Å². The lowest BCUT2D eigenvalue weighted by molar-refractivity contribution is -0.131. The molecule has 0 unspecified atom stereocenters. The molecular weight excluding hydrogens is 206 g/mol. The number of ether oxygens (including phenoxy) is 1. The van der Waals surface area contributed by atoms with Crippen LogP contribution in [0, 0.1) is 0 Å². The average molecular weight is 221 g/mol. The van der Waals surface area contributed by atoms with Crippen LogP contribution in [0.1, 0.15) is 6.92 Å². The summed E-state index contributed by atoms with van der Waals surface area (Å²) in [6, 6.07) is 7.54. The van der Waals surface area contributed by atoms with Crippen LogP contribution in [0.3, 0.4) is 0 Å². The number of hydrogen-bond acceptors (Lipinski definition) is 3. The lowest BCUT2D eigenvalue weighted by atomic mass is 10.3. The SMILES string of the molecule is CCOc1ccccc1NC/C=C/C(=O)O. The van der Waals surface area contributed by atoms with Gasteiger partial charge >= 0.3 is 5.97 Å². The molecule has 0 amide bonds. The summed E-state index contributed by atoms with van der Waals surface area (Å²) in [5.74, 6) is -0.173. The van der Waals surface area contributed by atoms with Crippen molar-refractivity contribution in [2.75, 3.05) is 18.5 Å². The fourth-order valence-corrected chi connectivity index (χ4v) is 1.22. The number of anilines is 1. The number of hydrogen-bond donors (Lipinski definition) is 2. The second-order valence-corrected chi connectivity index (χ2v) is 3.05. The van der Waals surface area contributed by atoms with E-state index < -0.39 is 5.97 Å². The molecule has 0 atom stereocenters. The Balaban J connectivity index is 2.55. The number of rotatable bonds is 6. The maximum atomic E-state index is 10.2. The first-order valence-corrected chi connectivity index (χ1v) is 5.09. The van der Waals surface area contributed by atoms with E-state index >= 15 is 0 Å². The van der Waals surface area contributed by atoms with Crippen molar-refractivity contribution in [2.45, 2.75) is 6.92 Å². The van der Waals surface area contributed by atoms with Gasteiger partial charge in [-0.05, 0) is 19.1 Å². The maximum absolute atomic E-state index is 10.2. The van der Waals surface area contributed by atoms with E-state index in [1.165, 1.54) is 0 Å². The van der Waals surface area contributed by atoms with Crippen LogP contribution in [0.5, 0.6) is 5.75 Å². The van der Waals surface area contributed by atoms with E-state index in [-0.39, 0.29) is 0 Å². The molecule has 1 aromatic carbocycles. The second kappa shape index (κ2) is 6.50. The average Bonchev–Trinajstić information content (AvgIpc) is 2.26. The van der Waals surface area contributed by atoms with Crippen molar-refractivity contribution < 1.29 is 14.6 Å². The molecule has 2 N–H and O–H groups in total. The summed E-state index contributed by atoms with van der Waals surface area (Å²) in [6.07, 6.45) is 2.65. The summed E-state index contributed by atoms with van der Waals surface area (Å²) in [6.45, 7) is 2.97. The molecule has 0 heterocycles. The third kappa shape index (κ3) is 4.04. The zero-order valence-electron chi connectivity index (χ0n) is 9.14. The fraction of sp³-hybridized carbons (Fsp3) is 0.250. The van der Waals surface area contributed by atoms with Crippen molar-refractivity contribution in [3.8, 4) is 5.75 Å². The third-order valence-corrected chi connectivity index (χ3v) is 1.86. The first-order chi connectivity index (χ1) is 7.74. The minimum atomic E-state index is -0.945. The highest BCUT2D eigenvalue weighted by Crippen LogP contribution is 2.23. The lowest BCUT2D eigenvalue weighted by Crippen LogP contribution is -2.02. The molecule has 0 aliphatic rings. The highest BCUT2D eigenvalue weighted by atomic mass is 16.5. The van der Waals surface area contributed by atoms with E-state index in [9.17, 15) is 4.79 Å². The van der Waals surface area contributed by atoms with E-state index in [0.29, 0.717) is 13.2 Å². The molecule has 4 heteroatoms. The van der Waals surface area contributed by atoms with Gasteiger partial charge in [0.05, 0.1) is 12.3 Å². The molecule has 86 valence electrons. The van der Waals surface area contributed by atoms with Gasteiger partial charge in [0.2, 0.25) is 0 Å². The first kappa shape index (κ1) is 12.1. The van der Waals surface area contributed by atoms with Gasteiger partial charge in [0.15, 0.2) is 0 Å². The van der Waals surface area contributed by atoms with Crippen molar-refractivity contribution in [2.24, 2.45) is 0 Å². The van der Waals surface area contributed by atoms with E-state index in [1.807, 2.05) is 31.2 Å². The van der Waals surface area contributed by atoms with Crippen LogP contribution in [0.15, 0.2) is 36.4 Å². The van der Waals surface area contributed by atoms with Gasteiger partial charge in [-0.1, -0.05) is 18.2 Å². The van der Waals surface area contributed by atoms with Crippen molar-refractivity contribution in [1.29, 1.82) is 0 Å². The highest BCUT2D eigenvalue weighted by Gasteiger charge is 1.99. The number of carboxylic acids is 1. The molecular formula is C12H15NO3. The predicted octanol–water partition coefficient (Wildman–Crippen LogP) is 2.14. The number of benzene rings is 1. The largest absolute Gasteiger partial charge is 0.492 e. The standard InChI is InChI=1S/C12H15NO3/c1-2-16-11-7-4-3-6-10(11)13-9-5-8-12(14)15/h3-8,13H,2,9H2,1H3,(H,14,15)/b8-5+. The third-order valence-electron chi connectivity index (χ3n) is 1.86. The van der Waals surface area contributed by atoms with Gasteiger partial charge in [0.25, 0.3) is 0 Å². The van der Waals surface area contributed by atoms with Gasteiger partial charge in [-0.3, -0.25) is 0 Å². The zero-order valence-corrected chi connectivity index (χ0v) is 9.14. The molecule has 0 fully saturated rings. The summed E-state index contributed by atoms with van der Waals surface area (Å²) in [4.78, 5) is 10.2. The number of para-hydroxylation sites is 2. The Morgan fingerprint density at radius 3 is 2.94 bits per heavy atom. The van der Waals surface area contributed by atoms with Crippen LogP contribution < -0.4 is 10.1 Å². The maximum Gasteiger partial charge on any atom is 0.328 e. The van der Waals surface area contributed by atoms with Crippen LogP contribution >= 0.6 is 0 Å². The van der Waals surface area contributed by atoms with E-state index in [1.54, 1.807) is 6.08 Å². The van der Waals surface area contributed by atoms with Crippen LogP contribution in [-0.4, -0.2) is 24.2 Å². The summed E-state index contributed by atoms with van der Waals surface area (Å²) < 4.78 is 5.41. The van der Waals surface area contributed by atoms with Gasteiger partial charge in [-0.25, -0.2) is 4.79 Å². The summed E-state index contributed by atoms with van der Waals surface area (Å²) in [5, 5.41) is 11.5. The summed E-state index contributed by atoms with van der Waals surface area (Å²) >= 11 is 0.